The third kappa shape index (κ3) is 4.67. The first-order chi connectivity index (χ1) is 14.0. The van der Waals surface area contributed by atoms with Crippen molar-refractivity contribution in [1.82, 2.24) is 18.9 Å². The van der Waals surface area contributed by atoms with E-state index in [-0.39, 0.29) is 12.2 Å². The third-order valence-electron chi connectivity index (χ3n) is 5.95. The average molecular weight is 421 g/mol. The minimum Gasteiger partial charge on any atom is -0.494 e. The summed E-state index contributed by atoms with van der Waals surface area (Å²) >= 11 is 5.90. The van der Waals surface area contributed by atoms with Gasteiger partial charge in [0.15, 0.2) is 4.77 Å². The zero-order valence-electron chi connectivity index (χ0n) is 17.2. The smallest absolute Gasteiger partial charge is 0.183 e. The van der Waals surface area contributed by atoms with Gasteiger partial charge in [-0.05, 0) is 57.0 Å². The van der Waals surface area contributed by atoms with Gasteiger partial charge in [0.05, 0.1) is 43.2 Å². The molecule has 0 bridgehead atoms. The van der Waals surface area contributed by atoms with Crippen LogP contribution < -0.4 is 4.74 Å². The van der Waals surface area contributed by atoms with E-state index in [2.05, 4.69) is 31.1 Å². The highest BCUT2D eigenvalue weighted by Crippen LogP contribution is 2.26. The van der Waals surface area contributed by atoms with Crippen LogP contribution in [0, 0.1) is 4.77 Å². The Hall–Kier alpha value is -1.45. The second-order valence-electron chi connectivity index (χ2n) is 8.25. The number of fused-ring (bicyclic) bond motifs is 1. The zero-order chi connectivity index (χ0) is 20.4. The minimum absolute atomic E-state index is 0.259. The quantitative estimate of drug-likeness (QED) is 0.700. The number of likely N-dealkylation sites (tertiary alicyclic amines) is 2. The van der Waals surface area contributed by atoms with Gasteiger partial charge in [-0.15, -0.1) is 0 Å². The Morgan fingerprint density at radius 3 is 2.10 bits per heavy atom. The summed E-state index contributed by atoms with van der Waals surface area (Å²) in [5, 5.41) is 20.1. The maximum Gasteiger partial charge on any atom is 0.183 e. The Balaban J connectivity index is 1.69. The number of aliphatic hydroxyl groups is 2. The molecule has 0 saturated carbocycles. The van der Waals surface area contributed by atoms with Crippen LogP contribution in [0.1, 0.15) is 32.6 Å². The summed E-state index contributed by atoms with van der Waals surface area (Å²) in [7, 11) is 0. The van der Waals surface area contributed by atoms with Crippen molar-refractivity contribution in [3.63, 3.8) is 0 Å². The highest BCUT2D eigenvalue weighted by molar-refractivity contribution is 7.71. The van der Waals surface area contributed by atoms with Crippen LogP contribution in [0.2, 0.25) is 0 Å². The van der Waals surface area contributed by atoms with Crippen molar-refractivity contribution in [2.75, 3.05) is 32.8 Å². The summed E-state index contributed by atoms with van der Waals surface area (Å²) in [4.78, 5) is 4.54. The van der Waals surface area contributed by atoms with Gasteiger partial charge in [0.1, 0.15) is 5.75 Å². The van der Waals surface area contributed by atoms with Gasteiger partial charge in [0, 0.05) is 32.2 Å². The van der Waals surface area contributed by atoms with Crippen LogP contribution in [0.15, 0.2) is 18.2 Å². The summed E-state index contributed by atoms with van der Waals surface area (Å²) in [6, 6.07) is 6.14. The normalized spacial score (nSPS) is 24.2. The van der Waals surface area contributed by atoms with Crippen molar-refractivity contribution in [3.8, 4) is 5.75 Å². The summed E-state index contributed by atoms with van der Waals surface area (Å²) in [6.07, 6.45) is 3.23. The Morgan fingerprint density at radius 1 is 0.966 bits per heavy atom. The molecule has 1 aromatic heterocycles. The topological polar surface area (TPSA) is 66.0 Å². The van der Waals surface area contributed by atoms with Crippen molar-refractivity contribution in [1.29, 1.82) is 0 Å². The second-order valence-corrected chi connectivity index (χ2v) is 8.62. The molecular formula is C21H32N4O3S. The summed E-state index contributed by atoms with van der Waals surface area (Å²) < 4.78 is 10.8. The number of ether oxygens (including phenoxy) is 1. The molecule has 2 aliphatic rings. The maximum atomic E-state index is 10.1. The van der Waals surface area contributed by atoms with Gasteiger partial charge in [0.25, 0.3) is 0 Å². The Kier molecular flexibility index (Phi) is 6.56. The number of hydrogen-bond acceptors (Lipinski definition) is 6. The van der Waals surface area contributed by atoms with Gasteiger partial charge in [0.2, 0.25) is 0 Å². The van der Waals surface area contributed by atoms with Crippen LogP contribution in [0.3, 0.4) is 0 Å². The number of aliphatic hydroxyl groups excluding tert-OH is 2. The van der Waals surface area contributed by atoms with Gasteiger partial charge >= 0.3 is 0 Å². The van der Waals surface area contributed by atoms with Crippen molar-refractivity contribution in [3.05, 3.63) is 23.0 Å². The van der Waals surface area contributed by atoms with Crippen molar-refractivity contribution < 1.29 is 14.9 Å². The van der Waals surface area contributed by atoms with E-state index in [9.17, 15) is 10.2 Å². The van der Waals surface area contributed by atoms with Crippen LogP contribution in [-0.4, -0.2) is 74.1 Å². The third-order valence-corrected chi connectivity index (χ3v) is 6.39. The zero-order valence-corrected chi connectivity index (χ0v) is 18.0. The molecule has 2 N–H and O–H groups in total. The van der Waals surface area contributed by atoms with Gasteiger partial charge in [-0.2, -0.15) is 0 Å². The number of piperidine rings is 2. The lowest BCUT2D eigenvalue weighted by Gasteiger charge is -2.31. The average Bonchev–Trinajstić information content (AvgIpc) is 2.94. The van der Waals surface area contributed by atoms with Crippen LogP contribution in [-0.2, 0) is 13.3 Å². The maximum absolute atomic E-state index is 10.1. The molecule has 29 heavy (non-hydrogen) atoms. The van der Waals surface area contributed by atoms with Crippen molar-refractivity contribution in [2.45, 2.75) is 58.2 Å². The fourth-order valence-electron chi connectivity index (χ4n) is 4.55. The molecule has 160 valence electrons. The predicted molar refractivity (Wildman–Crippen MR) is 116 cm³/mol. The largest absolute Gasteiger partial charge is 0.494 e. The van der Waals surface area contributed by atoms with Crippen LogP contribution in [0.25, 0.3) is 11.0 Å². The number of nitrogens with zero attached hydrogens (tertiary/aromatic N) is 4. The summed E-state index contributed by atoms with van der Waals surface area (Å²) in [5.41, 5.74) is 2.13. The Labute approximate surface area is 177 Å². The number of imidazole rings is 1. The van der Waals surface area contributed by atoms with E-state index in [1.165, 1.54) is 0 Å². The molecule has 1 aromatic carbocycles. The SMILES string of the molecule is CCOc1ccc2c(c1)n(CN1CCC[C@H](O)C1)c(=S)n2CN1CCC[C@@H](O)C1. The molecule has 2 aromatic rings. The first kappa shape index (κ1) is 20.8. The first-order valence-corrected chi connectivity index (χ1v) is 11.1. The number of β-amino-alcohol motifs (C(OH)–C–C–N with tert-alkyl or cyclic N) is 2. The van der Waals surface area contributed by atoms with Gasteiger partial charge in [-0.25, -0.2) is 0 Å². The van der Waals surface area contributed by atoms with E-state index in [1.807, 2.05) is 13.0 Å². The van der Waals surface area contributed by atoms with E-state index >= 15 is 0 Å². The molecule has 4 rings (SSSR count). The molecule has 2 fully saturated rings. The molecule has 0 unspecified atom stereocenters. The van der Waals surface area contributed by atoms with E-state index < -0.39 is 0 Å². The second kappa shape index (κ2) is 9.14. The fourth-order valence-corrected chi connectivity index (χ4v) is 4.86. The van der Waals surface area contributed by atoms with E-state index in [0.717, 1.165) is 60.3 Å². The van der Waals surface area contributed by atoms with Crippen molar-refractivity contribution in [2.24, 2.45) is 0 Å². The molecule has 2 saturated heterocycles. The van der Waals surface area contributed by atoms with Gasteiger partial charge in [-0.3, -0.25) is 9.80 Å². The molecule has 8 heteroatoms. The molecule has 2 aliphatic heterocycles. The van der Waals surface area contributed by atoms with Crippen molar-refractivity contribution >= 4 is 23.3 Å². The molecule has 0 aliphatic carbocycles. The fraction of sp³-hybridized carbons (Fsp3) is 0.667. The molecule has 0 spiro atoms. The predicted octanol–water partition coefficient (Wildman–Crippen LogP) is 2.40. The monoisotopic (exact) mass is 420 g/mol. The number of aromatic nitrogens is 2. The minimum atomic E-state index is -0.264. The molecular weight excluding hydrogens is 388 g/mol. The van der Waals surface area contributed by atoms with E-state index in [4.69, 9.17) is 17.0 Å². The van der Waals surface area contributed by atoms with E-state index in [1.54, 1.807) is 0 Å². The lowest BCUT2D eigenvalue weighted by molar-refractivity contribution is 0.0515. The van der Waals surface area contributed by atoms with Gasteiger partial charge in [-0.1, -0.05) is 0 Å². The number of rotatable bonds is 6. The summed E-state index contributed by atoms with van der Waals surface area (Å²) in [5.74, 6) is 0.841. The molecule has 0 radical (unpaired) electrons. The van der Waals surface area contributed by atoms with Crippen LogP contribution in [0.5, 0.6) is 5.75 Å². The molecule has 7 nitrogen and oxygen atoms in total. The van der Waals surface area contributed by atoms with Crippen LogP contribution >= 0.6 is 12.2 Å². The molecule has 2 atom stereocenters. The highest BCUT2D eigenvalue weighted by atomic mass is 32.1. The first-order valence-electron chi connectivity index (χ1n) is 10.7. The lowest BCUT2D eigenvalue weighted by atomic mass is 10.1. The Bertz CT molecular complexity index is 896. The number of benzene rings is 1. The standard InChI is InChI=1S/C21H32N4O3S/c1-2-28-18-7-8-19-20(11-18)25(15-23-10-4-6-17(27)13-23)21(29)24(19)14-22-9-3-5-16(26)12-22/h7-8,11,16-17,26-27H,2-6,9-10,12-15H2,1H3/t16-,17+/m1/s1. The molecule has 0 amide bonds. The highest BCUT2D eigenvalue weighted by Gasteiger charge is 2.22. The summed E-state index contributed by atoms with van der Waals surface area (Å²) in [6.45, 7) is 7.25. The number of hydrogen-bond donors (Lipinski definition) is 2. The lowest BCUT2D eigenvalue weighted by Crippen LogP contribution is -2.40. The Morgan fingerprint density at radius 2 is 1.55 bits per heavy atom. The van der Waals surface area contributed by atoms with E-state index in [0.29, 0.717) is 33.0 Å². The van der Waals surface area contributed by atoms with Gasteiger partial charge < -0.3 is 24.1 Å². The molecule has 3 heterocycles. The van der Waals surface area contributed by atoms with Crippen LogP contribution in [0.4, 0.5) is 0 Å².